The molecule has 2 aromatic rings. The van der Waals surface area contributed by atoms with E-state index >= 15 is 0 Å². The Kier molecular flexibility index (Phi) is 3.02. The Hall–Kier alpha value is -2.95. The van der Waals surface area contributed by atoms with Crippen LogP contribution in [0.3, 0.4) is 0 Å². The summed E-state index contributed by atoms with van der Waals surface area (Å²) in [7, 11) is 0. The third-order valence-electron chi connectivity index (χ3n) is 3.28. The normalized spacial score (nSPS) is 15.0. The summed E-state index contributed by atoms with van der Waals surface area (Å²) in [6.45, 7) is 1.90. The third-order valence-corrected chi connectivity index (χ3v) is 3.28. The zero-order valence-electron chi connectivity index (χ0n) is 11.3. The lowest BCUT2D eigenvalue weighted by Gasteiger charge is -2.15. The smallest absolute Gasteiger partial charge is 0.262 e. The van der Waals surface area contributed by atoms with Gasteiger partial charge in [0.2, 0.25) is 0 Å². The molecule has 0 unspecified atom stereocenters. The van der Waals surface area contributed by atoms with Crippen molar-refractivity contribution in [2.45, 2.75) is 6.92 Å². The molecule has 0 radical (unpaired) electrons. The molecule has 0 N–H and O–H groups in total. The molecule has 0 aliphatic carbocycles. The number of hydrogen-bond donors (Lipinski definition) is 0. The average Bonchev–Trinajstić information content (AvgIpc) is 2.72. The lowest BCUT2D eigenvalue weighted by molar-refractivity contribution is -0.133. The monoisotopic (exact) mass is 280 g/mol. The molecule has 21 heavy (non-hydrogen) atoms. The molecule has 0 saturated carbocycles. The van der Waals surface area contributed by atoms with Crippen LogP contribution in [0.5, 0.6) is 0 Å². The zero-order valence-corrected chi connectivity index (χ0v) is 11.3. The molecule has 3 rings (SSSR count). The molecule has 0 atom stereocenters. The number of urea groups is 1. The van der Waals surface area contributed by atoms with E-state index in [4.69, 9.17) is 0 Å². The van der Waals surface area contributed by atoms with Crippen LogP contribution < -0.4 is 9.80 Å². The highest BCUT2D eigenvalue weighted by molar-refractivity contribution is 6.60. The van der Waals surface area contributed by atoms with E-state index < -0.39 is 17.8 Å². The van der Waals surface area contributed by atoms with E-state index in [0.717, 1.165) is 15.4 Å². The summed E-state index contributed by atoms with van der Waals surface area (Å²) >= 11 is 0. The summed E-state index contributed by atoms with van der Waals surface area (Å²) in [5.41, 5.74) is 1.78. The van der Waals surface area contributed by atoms with Gasteiger partial charge in [0.1, 0.15) is 0 Å². The number of imide groups is 2. The molecule has 1 fully saturated rings. The molecule has 5 heteroatoms. The predicted octanol–water partition coefficient (Wildman–Crippen LogP) is 2.49. The van der Waals surface area contributed by atoms with E-state index in [9.17, 15) is 14.4 Å². The van der Waals surface area contributed by atoms with Gasteiger partial charge in [0, 0.05) is 0 Å². The largest absolute Gasteiger partial charge is 0.343 e. The molecule has 1 saturated heterocycles. The number of hydrogen-bond acceptors (Lipinski definition) is 3. The average molecular weight is 280 g/mol. The highest BCUT2D eigenvalue weighted by atomic mass is 16.2. The van der Waals surface area contributed by atoms with Crippen LogP contribution in [0.15, 0.2) is 54.6 Å². The molecule has 1 aliphatic rings. The summed E-state index contributed by atoms with van der Waals surface area (Å²) in [5, 5.41) is 0. The first-order valence-electron chi connectivity index (χ1n) is 6.44. The van der Waals surface area contributed by atoms with Gasteiger partial charge < -0.3 is 0 Å². The molecule has 4 amide bonds. The first-order chi connectivity index (χ1) is 10.1. The van der Waals surface area contributed by atoms with Crippen molar-refractivity contribution in [2.75, 3.05) is 9.80 Å². The Morgan fingerprint density at radius 1 is 0.667 bits per heavy atom. The maximum atomic E-state index is 12.4. The molecule has 1 heterocycles. The van der Waals surface area contributed by atoms with E-state index in [1.54, 1.807) is 54.6 Å². The molecule has 2 aromatic carbocycles. The van der Waals surface area contributed by atoms with E-state index in [1.165, 1.54) is 0 Å². The lowest BCUT2D eigenvalue weighted by Crippen LogP contribution is -2.33. The van der Waals surface area contributed by atoms with Gasteiger partial charge >= 0.3 is 17.8 Å². The predicted molar refractivity (Wildman–Crippen MR) is 78.0 cm³/mol. The van der Waals surface area contributed by atoms with Gasteiger partial charge in [-0.15, -0.1) is 0 Å². The Labute approximate surface area is 121 Å². The first-order valence-corrected chi connectivity index (χ1v) is 6.44. The van der Waals surface area contributed by atoms with Crippen molar-refractivity contribution in [2.24, 2.45) is 0 Å². The van der Waals surface area contributed by atoms with Crippen molar-refractivity contribution >= 4 is 29.2 Å². The number of benzene rings is 2. The summed E-state index contributed by atoms with van der Waals surface area (Å²) in [6.07, 6.45) is 0. The summed E-state index contributed by atoms with van der Waals surface area (Å²) < 4.78 is 0. The molecule has 1 aliphatic heterocycles. The van der Waals surface area contributed by atoms with E-state index in [0.29, 0.717) is 11.4 Å². The quantitative estimate of drug-likeness (QED) is 0.627. The first kappa shape index (κ1) is 13.1. The third kappa shape index (κ3) is 2.08. The fourth-order valence-electron chi connectivity index (χ4n) is 2.19. The van der Waals surface area contributed by atoms with Crippen LogP contribution >= 0.6 is 0 Å². The standard InChI is InChI=1S/C16H12N2O3/c1-11-7-9-13(10-8-11)18-15(20)14(19)17(16(18)21)12-5-3-2-4-6-12/h2-10H,1H3. The highest BCUT2D eigenvalue weighted by Crippen LogP contribution is 2.26. The summed E-state index contributed by atoms with van der Waals surface area (Å²) in [4.78, 5) is 38.4. The van der Waals surface area contributed by atoms with Crippen molar-refractivity contribution in [3.8, 4) is 0 Å². The number of aryl methyl sites for hydroxylation is 1. The SMILES string of the molecule is Cc1ccc(N2C(=O)C(=O)N(c3ccccc3)C2=O)cc1. The van der Waals surface area contributed by atoms with Crippen LogP contribution in [-0.4, -0.2) is 17.8 Å². The van der Waals surface area contributed by atoms with Gasteiger partial charge in [-0.3, -0.25) is 9.59 Å². The van der Waals surface area contributed by atoms with Crippen LogP contribution in [0.2, 0.25) is 0 Å². The van der Waals surface area contributed by atoms with Gasteiger partial charge in [0.15, 0.2) is 0 Å². The molecule has 104 valence electrons. The second-order valence-corrected chi connectivity index (χ2v) is 4.73. The topological polar surface area (TPSA) is 57.7 Å². The maximum Gasteiger partial charge on any atom is 0.343 e. The summed E-state index contributed by atoms with van der Waals surface area (Å²) in [6, 6.07) is 14.6. The number of carbonyl (C=O) groups excluding carboxylic acids is 3. The minimum Gasteiger partial charge on any atom is -0.262 e. The molecular weight excluding hydrogens is 268 g/mol. The van der Waals surface area contributed by atoms with Crippen molar-refractivity contribution in [3.05, 3.63) is 60.2 Å². The second-order valence-electron chi connectivity index (χ2n) is 4.73. The Bertz CT molecular complexity index is 723. The van der Waals surface area contributed by atoms with Gasteiger partial charge in [-0.2, -0.15) is 0 Å². The minimum atomic E-state index is -0.841. The fraction of sp³-hybridized carbons (Fsp3) is 0.0625. The van der Waals surface area contributed by atoms with Gasteiger partial charge in [0.05, 0.1) is 11.4 Å². The van der Waals surface area contributed by atoms with Crippen LogP contribution in [0.1, 0.15) is 5.56 Å². The van der Waals surface area contributed by atoms with Crippen LogP contribution in [0.25, 0.3) is 0 Å². The lowest BCUT2D eigenvalue weighted by atomic mass is 10.2. The highest BCUT2D eigenvalue weighted by Gasteiger charge is 2.46. The number of anilines is 2. The Balaban J connectivity index is 2.02. The van der Waals surface area contributed by atoms with Crippen LogP contribution in [0, 0.1) is 6.92 Å². The molecular formula is C16H12N2O3. The fourth-order valence-corrected chi connectivity index (χ4v) is 2.19. The van der Waals surface area contributed by atoms with Crippen LogP contribution in [-0.2, 0) is 9.59 Å². The second kappa shape index (κ2) is 4.86. The zero-order chi connectivity index (χ0) is 15.0. The Morgan fingerprint density at radius 3 is 1.67 bits per heavy atom. The van der Waals surface area contributed by atoms with Crippen molar-refractivity contribution in [1.82, 2.24) is 0 Å². The number of amides is 4. The Morgan fingerprint density at radius 2 is 1.14 bits per heavy atom. The minimum absolute atomic E-state index is 0.385. The van der Waals surface area contributed by atoms with E-state index in [1.807, 2.05) is 6.92 Å². The summed E-state index contributed by atoms with van der Waals surface area (Å²) in [5.74, 6) is -1.68. The number of nitrogens with zero attached hydrogens (tertiary/aromatic N) is 2. The molecule has 0 bridgehead atoms. The van der Waals surface area contributed by atoms with Gasteiger partial charge in [-0.05, 0) is 31.2 Å². The van der Waals surface area contributed by atoms with Gasteiger partial charge in [0.25, 0.3) is 0 Å². The molecule has 5 nitrogen and oxygen atoms in total. The number of para-hydroxylation sites is 1. The van der Waals surface area contributed by atoms with E-state index in [2.05, 4.69) is 0 Å². The maximum absolute atomic E-state index is 12.4. The van der Waals surface area contributed by atoms with Crippen molar-refractivity contribution < 1.29 is 14.4 Å². The number of rotatable bonds is 2. The van der Waals surface area contributed by atoms with Crippen molar-refractivity contribution in [3.63, 3.8) is 0 Å². The molecule has 0 aromatic heterocycles. The van der Waals surface area contributed by atoms with Gasteiger partial charge in [-0.25, -0.2) is 14.6 Å². The van der Waals surface area contributed by atoms with E-state index in [-0.39, 0.29) is 0 Å². The van der Waals surface area contributed by atoms with Crippen molar-refractivity contribution in [1.29, 1.82) is 0 Å². The molecule has 0 spiro atoms. The van der Waals surface area contributed by atoms with Gasteiger partial charge in [-0.1, -0.05) is 35.9 Å². The number of carbonyl (C=O) groups is 3. The van der Waals surface area contributed by atoms with Crippen LogP contribution in [0.4, 0.5) is 16.2 Å².